The molecule has 0 aliphatic carbocycles. The molecule has 1 amide bonds. The van der Waals surface area contributed by atoms with Crippen LogP contribution in [0.2, 0.25) is 0 Å². The Morgan fingerprint density at radius 1 is 0.587 bits per heavy atom. The number of hydrogen-bond donors (Lipinski definition) is 3. The summed E-state index contributed by atoms with van der Waals surface area (Å²) in [7, 11) is -4.35. The lowest BCUT2D eigenvalue weighted by Gasteiger charge is -2.21. The number of nitrogens with one attached hydrogen (secondary N) is 1. The first kappa shape index (κ1) is 44.0. The van der Waals surface area contributed by atoms with Crippen molar-refractivity contribution < 1.29 is 22.9 Å². The molecule has 266 valence electrons. The number of rotatable bonds is 32. The molecule has 0 radical (unpaired) electrons. The summed E-state index contributed by atoms with van der Waals surface area (Å²) in [5, 5.41) is 13.1. The standard InChI is InChI=1S/C39H69NO5S/c1-3-5-7-9-11-13-15-16-17-18-19-20-21-22-23-24-25-27-29-31-33-35-39(42)40-37(36-46(43,44)45)38(41)34-32-30-28-26-14-12-10-8-6-4-2/h14-16,18-19,21-22,26,32,34,37-38,41H,3-13,17,20,23-25,27-31,33,35-36H2,1-2H3,(H,40,42)(H,43,44,45)/b16-15-,19-18-,22-21-,26-14+,34-32+. The zero-order chi connectivity index (χ0) is 34.0. The van der Waals surface area contributed by atoms with Crippen LogP contribution in [0.25, 0.3) is 0 Å². The number of carbonyl (C=O) groups is 1. The molecule has 7 heteroatoms. The van der Waals surface area contributed by atoms with Crippen LogP contribution in [0.5, 0.6) is 0 Å². The van der Waals surface area contributed by atoms with Crippen LogP contribution in [0.4, 0.5) is 0 Å². The molecule has 0 fully saturated rings. The van der Waals surface area contributed by atoms with Crippen LogP contribution in [-0.2, 0) is 14.9 Å². The Morgan fingerprint density at radius 3 is 1.54 bits per heavy atom. The third kappa shape index (κ3) is 33.4. The quantitative estimate of drug-likeness (QED) is 0.0377. The van der Waals surface area contributed by atoms with Gasteiger partial charge in [-0.1, -0.05) is 145 Å². The third-order valence-electron chi connectivity index (χ3n) is 7.92. The minimum absolute atomic E-state index is 0.270. The molecule has 2 unspecified atom stereocenters. The van der Waals surface area contributed by atoms with E-state index in [4.69, 9.17) is 0 Å². The Bertz CT molecular complexity index is 951. The summed E-state index contributed by atoms with van der Waals surface area (Å²) in [6.07, 6.45) is 44.9. The minimum atomic E-state index is -4.35. The summed E-state index contributed by atoms with van der Waals surface area (Å²) in [4.78, 5) is 12.4. The molecule has 0 aliphatic rings. The summed E-state index contributed by atoms with van der Waals surface area (Å²) >= 11 is 0. The SMILES string of the molecule is CCCCCC/C=C/CC/C=C/C(O)C(CS(=O)(=O)O)NC(=O)CCCCCCCC/C=C\C/C=C\C/C=C\CCCCCCC. The van der Waals surface area contributed by atoms with Gasteiger partial charge < -0.3 is 10.4 Å². The van der Waals surface area contributed by atoms with E-state index >= 15 is 0 Å². The predicted octanol–water partition coefficient (Wildman–Crippen LogP) is 10.5. The maximum absolute atomic E-state index is 12.4. The fourth-order valence-corrected chi connectivity index (χ4v) is 5.85. The highest BCUT2D eigenvalue weighted by atomic mass is 32.2. The van der Waals surface area contributed by atoms with E-state index in [0.717, 1.165) is 51.4 Å². The van der Waals surface area contributed by atoms with E-state index in [0.29, 0.717) is 12.8 Å². The van der Waals surface area contributed by atoms with Crippen molar-refractivity contribution in [2.24, 2.45) is 0 Å². The Hall–Kier alpha value is -1.96. The van der Waals surface area contributed by atoms with Gasteiger partial charge in [-0.3, -0.25) is 9.35 Å². The van der Waals surface area contributed by atoms with Crippen LogP contribution >= 0.6 is 0 Å². The predicted molar refractivity (Wildman–Crippen MR) is 198 cm³/mol. The average Bonchev–Trinajstić information content (AvgIpc) is 3.01. The van der Waals surface area contributed by atoms with Crippen LogP contribution in [-0.4, -0.2) is 41.9 Å². The van der Waals surface area contributed by atoms with Crippen molar-refractivity contribution >= 4 is 16.0 Å². The lowest BCUT2D eigenvalue weighted by atomic mass is 10.1. The molecule has 0 aromatic carbocycles. The highest BCUT2D eigenvalue weighted by Crippen LogP contribution is 2.11. The first-order valence-corrected chi connectivity index (χ1v) is 20.1. The first-order chi connectivity index (χ1) is 22.3. The zero-order valence-corrected chi connectivity index (χ0v) is 30.2. The van der Waals surface area contributed by atoms with Crippen LogP contribution < -0.4 is 5.32 Å². The van der Waals surface area contributed by atoms with Gasteiger partial charge in [0, 0.05) is 6.42 Å². The van der Waals surface area contributed by atoms with E-state index in [1.807, 2.05) is 0 Å². The van der Waals surface area contributed by atoms with Gasteiger partial charge in [-0.25, -0.2) is 0 Å². The highest BCUT2D eigenvalue weighted by molar-refractivity contribution is 7.85. The third-order valence-corrected chi connectivity index (χ3v) is 8.70. The molecule has 0 aromatic heterocycles. The first-order valence-electron chi connectivity index (χ1n) is 18.5. The van der Waals surface area contributed by atoms with Crippen molar-refractivity contribution in [3.05, 3.63) is 60.8 Å². The normalized spacial score (nSPS) is 14.1. The lowest BCUT2D eigenvalue weighted by molar-refractivity contribution is -0.122. The Kier molecular flexibility index (Phi) is 31.6. The molecule has 0 aliphatic heterocycles. The van der Waals surface area contributed by atoms with Gasteiger partial charge in [0.15, 0.2) is 0 Å². The molecule has 6 nitrogen and oxygen atoms in total. The topological polar surface area (TPSA) is 104 Å². The fourth-order valence-electron chi connectivity index (χ4n) is 5.12. The second-order valence-electron chi connectivity index (χ2n) is 12.5. The summed E-state index contributed by atoms with van der Waals surface area (Å²) in [6.45, 7) is 4.45. The molecular weight excluding hydrogens is 594 g/mol. The van der Waals surface area contributed by atoms with Gasteiger partial charge >= 0.3 is 0 Å². The van der Waals surface area contributed by atoms with Crippen LogP contribution in [0.3, 0.4) is 0 Å². The van der Waals surface area contributed by atoms with E-state index in [-0.39, 0.29) is 12.3 Å². The average molecular weight is 664 g/mol. The van der Waals surface area contributed by atoms with Crippen LogP contribution in [0.1, 0.15) is 162 Å². The lowest BCUT2D eigenvalue weighted by Crippen LogP contribution is -2.46. The van der Waals surface area contributed by atoms with E-state index < -0.39 is 28.0 Å². The maximum Gasteiger partial charge on any atom is 0.267 e. The van der Waals surface area contributed by atoms with Gasteiger partial charge in [0.2, 0.25) is 5.91 Å². The molecule has 0 heterocycles. The smallest absolute Gasteiger partial charge is 0.267 e. The number of aliphatic hydroxyl groups is 1. The van der Waals surface area contributed by atoms with E-state index in [2.05, 4.69) is 67.8 Å². The monoisotopic (exact) mass is 663 g/mol. The molecule has 2 atom stereocenters. The number of unbranched alkanes of at least 4 members (excludes halogenated alkanes) is 16. The van der Waals surface area contributed by atoms with Crippen molar-refractivity contribution in [3.8, 4) is 0 Å². The van der Waals surface area contributed by atoms with Gasteiger partial charge in [0.1, 0.15) is 0 Å². The molecule has 0 spiro atoms. The Morgan fingerprint density at radius 2 is 1.00 bits per heavy atom. The Balaban J connectivity index is 3.99. The van der Waals surface area contributed by atoms with Crippen molar-refractivity contribution in [3.63, 3.8) is 0 Å². The van der Waals surface area contributed by atoms with Crippen LogP contribution in [0, 0.1) is 0 Å². The molecule has 0 bridgehead atoms. The fraction of sp³-hybridized carbons (Fsp3) is 0.718. The second kappa shape index (κ2) is 33.0. The molecule has 0 saturated carbocycles. The van der Waals surface area contributed by atoms with E-state index in [1.165, 1.54) is 83.1 Å². The van der Waals surface area contributed by atoms with Gasteiger partial charge in [-0.05, 0) is 70.6 Å². The number of aliphatic hydroxyl groups excluding tert-OH is 1. The maximum atomic E-state index is 12.4. The van der Waals surface area contributed by atoms with Gasteiger partial charge in [-0.15, -0.1) is 0 Å². The number of allylic oxidation sites excluding steroid dienone is 9. The molecule has 3 N–H and O–H groups in total. The zero-order valence-electron chi connectivity index (χ0n) is 29.4. The largest absolute Gasteiger partial charge is 0.387 e. The van der Waals surface area contributed by atoms with E-state index in [9.17, 15) is 22.9 Å². The Labute approximate surface area is 283 Å². The van der Waals surface area contributed by atoms with Gasteiger partial charge in [-0.2, -0.15) is 8.42 Å². The van der Waals surface area contributed by atoms with Crippen molar-refractivity contribution in [2.45, 2.75) is 174 Å². The molecular formula is C39H69NO5S. The summed E-state index contributed by atoms with van der Waals surface area (Å²) in [6, 6.07) is -1.08. The number of hydrogen-bond acceptors (Lipinski definition) is 4. The van der Waals surface area contributed by atoms with Gasteiger partial charge in [0.05, 0.1) is 17.9 Å². The number of amides is 1. The summed E-state index contributed by atoms with van der Waals surface area (Å²) < 4.78 is 32.3. The number of carbonyl (C=O) groups excluding carboxylic acids is 1. The molecule has 46 heavy (non-hydrogen) atoms. The van der Waals surface area contributed by atoms with Crippen molar-refractivity contribution in [1.82, 2.24) is 5.32 Å². The highest BCUT2D eigenvalue weighted by Gasteiger charge is 2.24. The van der Waals surface area contributed by atoms with Crippen molar-refractivity contribution in [2.75, 3.05) is 5.75 Å². The van der Waals surface area contributed by atoms with E-state index in [1.54, 1.807) is 6.08 Å². The molecule has 0 rings (SSSR count). The summed E-state index contributed by atoms with van der Waals surface area (Å²) in [5.41, 5.74) is 0. The van der Waals surface area contributed by atoms with Crippen molar-refractivity contribution in [1.29, 1.82) is 0 Å². The molecule has 0 aromatic rings. The molecule has 0 saturated heterocycles. The minimum Gasteiger partial charge on any atom is -0.387 e. The second-order valence-corrected chi connectivity index (χ2v) is 14.0. The van der Waals surface area contributed by atoms with Gasteiger partial charge in [0.25, 0.3) is 10.1 Å². The summed E-state index contributed by atoms with van der Waals surface area (Å²) in [5.74, 6) is -1.02. The van der Waals surface area contributed by atoms with Crippen LogP contribution in [0.15, 0.2) is 60.8 Å².